The first-order valence-corrected chi connectivity index (χ1v) is 10.1. The van der Waals surface area contributed by atoms with Gasteiger partial charge in [0.2, 0.25) is 5.13 Å². The van der Waals surface area contributed by atoms with Crippen LogP contribution in [0.1, 0.15) is 39.3 Å². The monoisotopic (exact) mass is 412 g/mol. The Morgan fingerprint density at radius 2 is 2.03 bits per heavy atom. The summed E-state index contributed by atoms with van der Waals surface area (Å²) in [6, 6.07) is 5.38. The van der Waals surface area contributed by atoms with Crippen molar-refractivity contribution in [2.24, 2.45) is 0 Å². The van der Waals surface area contributed by atoms with Crippen molar-refractivity contribution in [3.8, 4) is 0 Å². The third-order valence-electron chi connectivity index (χ3n) is 4.85. The summed E-state index contributed by atoms with van der Waals surface area (Å²) in [6.07, 6.45) is 4.73. The highest BCUT2D eigenvalue weighted by molar-refractivity contribution is 7.13. The number of nitrogens with zero attached hydrogens (tertiary/aromatic N) is 4. The van der Waals surface area contributed by atoms with Gasteiger partial charge in [0, 0.05) is 25.3 Å². The lowest BCUT2D eigenvalue weighted by atomic mass is 10.0. The van der Waals surface area contributed by atoms with Crippen LogP contribution >= 0.6 is 11.3 Å². The van der Waals surface area contributed by atoms with Crippen LogP contribution in [0.3, 0.4) is 0 Å². The fourth-order valence-corrected chi connectivity index (χ4v) is 3.68. The molecule has 3 aromatic rings. The minimum absolute atomic E-state index is 0.0985. The zero-order valence-electron chi connectivity index (χ0n) is 15.8. The molecule has 150 valence electrons. The Labute approximate surface area is 171 Å². The molecule has 0 aliphatic carbocycles. The molecular formula is C19H20N6O3S. The number of pyridine rings is 1. The predicted octanol–water partition coefficient (Wildman–Crippen LogP) is 2.49. The fourth-order valence-electron chi connectivity index (χ4n) is 3.24. The molecule has 1 aliphatic heterocycles. The van der Waals surface area contributed by atoms with Gasteiger partial charge in [-0.05, 0) is 38.0 Å². The van der Waals surface area contributed by atoms with E-state index in [1.54, 1.807) is 30.8 Å². The van der Waals surface area contributed by atoms with Gasteiger partial charge in [-0.15, -0.1) is 10.2 Å². The van der Waals surface area contributed by atoms with Crippen LogP contribution in [0, 0.1) is 6.92 Å². The van der Waals surface area contributed by atoms with E-state index >= 15 is 0 Å². The molecule has 9 nitrogen and oxygen atoms in total. The molecule has 29 heavy (non-hydrogen) atoms. The fraction of sp³-hybridized carbons (Fsp3) is 0.316. The maximum Gasteiger partial charge on any atom is 0.259 e. The highest BCUT2D eigenvalue weighted by atomic mass is 32.1. The third kappa shape index (κ3) is 4.43. The first-order chi connectivity index (χ1) is 14.1. The van der Waals surface area contributed by atoms with Crippen molar-refractivity contribution in [3.63, 3.8) is 0 Å². The van der Waals surface area contributed by atoms with Crippen molar-refractivity contribution in [1.29, 1.82) is 0 Å². The number of rotatable bonds is 5. The molecule has 1 fully saturated rings. The van der Waals surface area contributed by atoms with Gasteiger partial charge in [-0.1, -0.05) is 11.3 Å². The van der Waals surface area contributed by atoms with Crippen molar-refractivity contribution in [1.82, 2.24) is 20.5 Å². The van der Waals surface area contributed by atoms with E-state index in [0.717, 1.165) is 31.7 Å². The van der Waals surface area contributed by atoms with Gasteiger partial charge in [0.1, 0.15) is 17.1 Å². The van der Waals surface area contributed by atoms with Crippen LogP contribution in [0.25, 0.3) is 0 Å². The first-order valence-electron chi connectivity index (χ1n) is 9.23. The molecule has 0 unspecified atom stereocenters. The van der Waals surface area contributed by atoms with E-state index in [1.165, 1.54) is 17.6 Å². The molecule has 4 rings (SSSR count). The Bertz CT molecular complexity index is 978. The van der Waals surface area contributed by atoms with Gasteiger partial charge in [0.05, 0.1) is 17.4 Å². The van der Waals surface area contributed by atoms with Gasteiger partial charge in [-0.2, -0.15) is 0 Å². The van der Waals surface area contributed by atoms with E-state index in [1.807, 2.05) is 6.07 Å². The van der Waals surface area contributed by atoms with Crippen molar-refractivity contribution in [2.75, 3.05) is 23.3 Å². The Morgan fingerprint density at radius 3 is 2.66 bits per heavy atom. The van der Waals surface area contributed by atoms with Crippen LogP contribution in [0.15, 0.2) is 40.6 Å². The molecule has 3 aromatic heterocycles. The minimum Gasteiger partial charge on any atom is -0.469 e. The lowest BCUT2D eigenvalue weighted by Crippen LogP contribution is -2.45. The normalized spacial score (nSPS) is 14.6. The Balaban J connectivity index is 1.30. The van der Waals surface area contributed by atoms with Gasteiger partial charge < -0.3 is 14.6 Å². The zero-order chi connectivity index (χ0) is 20.2. The average Bonchev–Trinajstić information content (AvgIpc) is 3.40. The van der Waals surface area contributed by atoms with Crippen molar-refractivity contribution < 1.29 is 14.0 Å². The lowest BCUT2D eigenvalue weighted by Gasteiger charge is -2.33. The Morgan fingerprint density at radius 1 is 1.21 bits per heavy atom. The van der Waals surface area contributed by atoms with Crippen LogP contribution < -0.4 is 15.5 Å². The highest BCUT2D eigenvalue weighted by Crippen LogP contribution is 2.19. The second kappa shape index (κ2) is 8.39. The number of anilines is 2. The lowest BCUT2D eigenvalue weighted by molar-refractivity contribution is 0.0929. The van der Waals surface area contributed by atoms with Gasteiger partial charge >= 0.3 is 0 Å². The Kier molecular flexibility index (Phi) is 5.52. The van der Waals surface area contributed by atoms with Gasteiger partial charge in [-0.3, -0.25) is 14.9 Å². The molecule has 0 bridgehead atoms. The van der Waals surface area contributed by atoms with E-state index < -0.39 is 0 Å². The van der Waals surface area contributed by atoms with Crippen molar-refractivity contribution in [3.05, 3.63) is 53.1 Å². The molecular weight excluding hydrogens is 392 g/mol. The van der Waals surface area contributed by atoms with E-state index in [-0.39, 0.29) is 17.9 Å². The average molecular weight is 412 g/mol. The maximum atomic E-state index is 12.3. The van der Waals surface area contributed by atoms with Crippen molar-refractivity contribution >= 4 is 34.1 Å². The molecule has 0 aromatic carbocycles. The summed E-state index contributed by atoms with van der Waals surface area (Å²) in [4.78, 5) is 31.1. The quantitative estimate of drug-likeness (QED) is 0.662. The number of amides is 2. The molecule has 2 N–H and O–H groups in total. The van der Waals surface area contributed by atoms with Crippen LogP contribution in [0.4, 0.5) is 10.9 Å². The second-order valence-corrected chi connectivity index (χ2v) is 7.56. The summed E-state index contributed by atoms with van der Waals surface area (Å²) in [6.45, 7) is 3.33. The van der Waals surface area contributed by atoms with E-state index in [0.29, 0.717) is 22.0 Å². The summed E-state index contributed by atoms with van der Waals surface area (Å²) >= 11 is 1.26. The molecule has 0 radical (unpaired) electrons. The maximum absolute atomic E-state index is 12.3. The van der Waals surface area contributed by atoms with Crippen LogP contribution in [-0.4, -0.2) is 46.1 Å². The number of carbonyl (C=O) groups excluding carboxylic acids is 2. The van der Waals surface area contributed by atoms with E-state index in [4.69, 9.17) is 4.42 Å². The molecule has 0 saturated carbocycles. The van der Waals surface area contributed by atoms with E-state index in [2.05, 4.69) is 30.7 Å². The van der Waals surface area contributed by atoms with Crippen molar-refractivity contribution in [2.45, 2.75) is 25.8 Å². The molecule has 4 heterocycles. The van der Waals surface area contributed by atoms with Crippen LogP contribution in [0.5, 0.6) is 0 Å². The van der Waals surface area contributed by atoms with E-state index in [9.17, 15) is 9.59 Å². The largest absolute Gasteiger partial charge is 0.469 e. The number of furan rings is 1. The number of hydrogen-bond acceptors (Lipinski definition) is 8. The number of aryl methyl sites for hydroxylation is 1. The molecule has 1 aliphatic rings. The Hall–Kier alpha value is -3.27. The van der Waals surface area contributed by atoms with Gasteiger partial charge in [0.25, 0.3) is 11.8 Å². The predicted molar refractivity (Wildman–Crippen MR) is 108 cm³/mol. The van der Waals surface area contributed by atoms with Crippen LogP contribution in [0.2, 0.25) is 0 Å². The summed E-state index contributed by atoms with van der Waals surface area (Å²) in [5, 5.41) is 13.7. The number of hydrogen-bond donors (Lipinski definition) is 2. The topological polar surface area (TPSA) is 113 Å². The minimum atomic E-state index is -0.267. The summed E-state index contributed by atoms with van der Waals surface area (Å²) in [5.41, 5.74) is 2.59. The molecule has 0 atom stereocenters. The molecule has 10 heteroatoms. The number of aromatic nitrogens is 3. The smallest absolute Gasteiger partial charge is 0.259 e. The number of piperidine rings is 1. The highest BCUT2D eigenvalue weighted by Gasteiger charge is 2.23. The zero-order valence-corrected chi connectivity index (χ0v) is 16.6. The second-order valence-electron chi connectivity index (χ2n) is 6.73. The molecule has 1 saturated heterocycles. The van der Waals surface area contributed by atoms with Crippen LogP contribution in [-0.2, 0) is 0 Å². The summed E-state index contributed by atoms with van der Waals surface area (Å²) in [7, 11) is 0. The van der Waals surface area contributed by atoms with Gasteiger partial charge in [-0.25, -0.2) is 4.98 Å². The standard InChI is InChI=1S/C19H20N6O3S/c1-12-15(6-9-28-12)18(27)22-14-4-7-25(8-5-14)16-3-2-13(10-20-16)17(26)23-19-24-21-11-29-19/h2-3,6,9-11,14H,4-5,7-8H2,1H3,(H,22,27)(H,23,24,26). The number of carbonyl (C=O) groups is 2. The number of nitrogens with one attached hydrogen (secondary N) is 2. The molecule has 2 amide bonds. The molecule has 0 spiro atoms. The first kappa shape index (κ1) is 19.1. The third-order valence-corrected chi connectivity index (χ3v) is 5.45. The van der Waals surface area contributed by atoms with Gasteiger partial charge in [0.15, 0.2) is 0 Å². The SMILES string of the molecule is Cc1occc1C(=O)NC1CCN(c2ccc(C(=O)Nc3nncs3)cn2)CC1. The summed E-state index contributed by atoms with van der Waals surface area (Å²) in [5.74, 6) is 1.07. The summed E-state index contributed by atoms with van der Waals surface area (Å²) < 4.78 is 5.19.